The van der Waals surface area contributed by atoms with Crippen molar-refractivity contribution in [3.05, 3.63) is 54.6 Å². The highest BCUT2D eigenvalue weighted by Gasteiger charge is 2.52. The zero-order valence-electron chi connectivity index (χ0n) is 20.5. The summed E-state index contributed by atoms with van der Waals surface area (Å²) < 4.78 is 10.2. The highest BCUT2D eigenvalue weighted by atomic mass is 16.7. The molecule has 0 aromatic carbocycles. The molecule has 3 amide bonds. The molecule has 0 radical (unpaired) electrons. The third-order valence-electron chi connectivity index (χ3n) is 6.09. The van der Waals surface area contributed by atoms with Gasteiger partial charge in [0.2, 0.25) is 11.8 Å². The molecular formula is C25H33N5O6. The van der Waals surface area contributed by atoms with Crippen molar-refractivity contribution in [2.45, 2.75) is 63.4 Å². The van der Waals surface area contributed by atoms with Crippen LogP contribution < -0.4 is 16.4 Å². The number of pyridine rings is 1. The van der Waals surface area contributed by atoms with Gasteiger partial charge in [0.25, 0.3) is 12.2 Å². The summed E-state index contributed by atoms with van der Waals surface area (Å²) in [6.45, 7) is 4.10. The van der Waals surface area contributed by atoms with Crippen LogP contribution in [0.4, 0.5) is 0 Å². The summed E-state index contributed by atoms with van der Waals surface area (Å²) in [7, 11) is 0. The number of carbonyl (C=O) groups excluding carboxylic acids is 4. The van der Waals surface area contributed by atoms with E-state index in [1.807, 2.05) is 0 Å². The van der Waals surface area contributed by atoms with E-state index in [4.69, 9.17) is 15.2 Å². The molecular weight excluding hydrogens is 466 g/mol. The zero-order valence-corrected chi connectivity index (χ0v) is 20.5. The number of hydrogen-bond donors (Lipinski definition) is 3. The minimum atomic E-state index is -1.26. The molecule has 2 aliphatic rings. The molecule has 1 aromatic heterocycles. The molecule has 2 aliphatic heterocycles. The number of amides is 3. The lowest BCUT2D eigenvalue weighted by atomic mass is 9.89. The number of likely N-dealkylation sites (tertiary alicyclic amines) is 1. The first-order valence-corrected chi connectivity index (χ1v) is 12.0. The average molecular weight is 500 g/mol. The molecule has 4 N–H and O–H groups in total. The molecule has 0 spiro atoms. The van der Waals surface area contributed by atoms with Crippen LogP contribution in [0, 0.1) is 0 Å². The van der Waals surface area contributed by atoms with Gasteiger partial charge in [0.1, 0.15) is 6.04 Å². The molecule has 36 heavy (non-hydrogen) atoms. The molecule has 0 saturated carbocycles. The maximum absolute atomic E-state index is 13.5. The lowest BCUT2D eigenvalue weighted by Gasteiger charge is -2.38. The maximum Gasteiger partial charge on any atom is 0.309 e. The van der Waals surface area contributed by atoms with Gasteiger partial charge in [-0.25, -0.2) is 0 Å². The smallest absolute Gasteiger partial charge is 0.309 e. The van der Waals surface area contributed by atoms with Crippen LogP contribution in [-0.2, 0) is 34.2 Å². The van der Waals surface area contributed by atoms with Gasteiger partial charge in [-0.3, -0.25) is 24.2 Å². The van der Waals surface area contributed by atoms with E-state index >= 15 is 0 Å². The first-order chi connectivity index (χ1) is 17.3. The predicted molar refractivity (Wildman–Crippen MR) is 130 cm³/mol. The Morgan fingerprint density at radius 1 is 1.31 bits per heavy atom. The summed E-state index contributed by atoms with van der Waals surface area (Å²) in [5.74, 6) is -1.87. The molecule has 3 rings (SSSR count). The van der Waals surface area contributed by atoms with Crippen molar-refractivity contribution in [2.75, 3.05) is 13.1 Å². The highest BCUT2D eigenvalue weighted by Crippen LogP contribution is 2.38. The summed E-state index contributed by atoms with van der Waals surface area (Å²) >= 11 is 0. The predicted octanol–water partition coefficient (Wildman–Crippen LogP) is 0.617. The number of hydrogen-bond acceptors (Lipinski definition) is 8. The van der Waals surface area contributed by atoms with Crippen molar-refractivity contribution < 1.29 is 28.7 Å². The topological polar surface area (TPSA) is 153 Å². The standard InChI is InChI=1S/C25H33N5O6/c1-3-27-24(34)25(19-9-4-6-14-28-19)13-8-15-30(25)23(33)17(2)29-22(32)18(26)11-12-20(31)36-21-10-5-7-16-35-21/h4-7,9-10,14,16-18,21H,3,8,11-13,15,26H2,1-2H3,(H,27,34)(H,29,32)/t17-,18-,21?,25+/m0/s1. The molecule has 1 fully saturated rings. The van der Waals surface area contributed by atoms with Crippen LogP contribution in [0.15, 0.2) is 48.9 Å². The summed E-state index contributed by atoms with van der Waals surface area (Å²) in [4.78, 5) is 57.2. The number of nitrogens with one attached hydrogen (secondary N) is 2. The summed E-state index contributed by atoms with van der Waals surface area (Å²) in [6.07, 6.45) is 8.05. The Labute approximate surface area is 210 Å². The normalized spacial score (nSPS) is 22.3. The van der Waals surface area contributed by atoms with Crippen molar-refractivity contribution in [1.82, 2.24) is 20.5 Å². The SMILES string of the molecule is CCNC(=O)[C@]1(c2ccccn2)CCCN1C(=O)[C@H](C)NC(=O)[C@@H](N)CCC(=O)OC1C=CC=CO1. The maximum atomic E-state index is 13.5. The van der Waals surface area contributed by atoms with Crippen LogP contribution in [0.1, 0.15) is 45.2 Å². The molecule has 1 saturated heterocycles. The van der Waals surface area contributed by atoms with Crippen LogP contribution in [0.3, 0.4) is 0 Å². The molecule has 0 bridgehead atoms. The number of rotatable bonds is 10. The van der Waals surface area contributed by atoms with Crippen LogP contribution >= 0.6 is 0 Å². The van der Waals surface area contributed by atoms with Crippen LogP contribution in [0.2, 0.25) is 0 Å². The lowest BCUT2D eigenvalue weighted by Crippen LogP contribution is -2.59. The Bertz CT molecular complexity index is 1010. The van der Waals surface area contributed by atoms with Crippen LogP contribution in [-0.4, -0.2) is 65.0 Å². The van der Waals surface area contributed by atoms with Gasteiger partial charge in [-0.05, 0) is 57.4 Å². The fourth-order valence-electron chi connectivity index (χ4n) is 4.29. The van der Waals surface area contributed by atoms with Crippen molar-refractivity contribution in [3.63, 3.8) is 0 Å². The second-order valence-electron chi connectivity index (χ2n) is 8.61. The lowest BCUT2D eigenvalue weighted by molar-refractivity contribution is -0.162. The van der Waals surface area contributed by atoms with E-state index in [-0.39, 0.29) is 18.7 Å². The van der Waals surface area contributed by atoms with Crippen LogP contribution in [0.5, 0.6) is 0 Å². The third-order valence-corrected chi connectivity index (χ3v) is 6.09. The monoisotopic (exact) mass is 499 g/mol. The number of nitrogens with zero attached hydrogens (tertiary/aromatic N) is 2. The first kappa shape index (κ1) is 26.9. The molecule has 1 unspecified atom stereocenters. The van der Waals surface area contributed by atoms with Gasteiger partial charge in [0, 0.05) is 25.7 Å². The fourth-order valence-corrected chi connectivity index (χ4v) is 4.29. The largest absolute Gasteiger partial charge is 0.459 e. The van der Waals surface area contributed by atoms with E-state index in [0.717, 1.165) is 0 Å². The number of esters is 1. The second-order valence-corrected chi connectivity index (χ2v) is 8.61. The third kappa shape index (κ3) is 6.09. The van der Waals surface area contributed by atoms with Gasteiger partial charge in [-0.2, -0.15) is 0 Å². The van der Waals surface area contributed by atoms with Gasteiger partial charge in [-0.1, -0.05) is 12.1 Å². The van der Waals surface area contributed by atoms with Crippen LogP contribution in [0.25, 0.3) is 0 Å². The van der Waals surface area contributed by atoms with Crippen molar-refractivity contribution in [3.8, 4) is 0 Å². The van der Waals surface area contributed by atoms with Gasteiger partial charge < -0.3 is 30.7 Å². The Morgan fingerprint density at radius 3 is 2.78 bits per heavy atom. The quantitative estimate of drug-likeness (QED) is 0.396. The second kappa shape index (κ2) is 12.3. The highest BCUT2D eigenvalue weighted by molar-refractivity contribution is 5.96. The van der Waals surface area contributed by atoms with Crippen molar-refractivity contribution in [1.29, 1.82) is 0 Å². The number of carbonyl (C=O) groups is 4. The first-order valence-electron chi connectivity index (χ1n) is 12.0. The molecule has 3 heterocycles. The van der Waals surface area contributed by atoms with E-state index < -0.39 is 41.7 Å². The van der Waals surface area contributed by atoms with Crippen molar-refractivity contribution in [2.24, 2.45) is 5.73 Å². The molecule has 0 aliphatic carbocycles. The number of likely N-dealkylation sites (N-methyl/N-ethyl adjacent to an activating group) is 1. The average Bonchev–Trinajstić information content (AvgIpc) is 3.34. The minimum absolute atomic E-state index is 0.0261. The van der Waals surface area contributed by atoms with Crippen molar-refractivity contribution >= 4 is 23.7 Å². The summed E-state index contributed by atoms with van der Waals surface area (Å²) in [5, 5.41) is 5.44. The van der Waals surface area contributed by atoms with E-state index in [1.54, 1.807) is 56.5 Å². The van der Waals surface area contributed by atoms with E-state index in [0.29, 0.717) is 31.6 Å². The number of aromatic nitrogens is 1. The fraction of sp³-hybridized carbons (Fsp3) is 0.480. The van der Waals surface area contributed by atoms with Gasteiger partial charge >= 0.3 is 5.97 Å². The Morgan fingerprint density at radius 2 is 2.11 bits per heavy atom. The van der Waals surface area contributed by atoms with E-state index in [1.165, 1.54) is 11.2 Å². The molecule has 11 heteroatoms. The number of nitrogens with two attached hydrogens (primary N) is 1. The van der Waals surface area contributed by atoms with E-state index in [9.17, 15) is 19.2 Å². The molecule has 1 aromatic rings. The van der Waals surface area contributed by atoms with E-state index in [2.05, 4.69) is 15.6 Å². The minimum Gasteiger partial charge on any atom is -0.459 e. The van der Waals surface area contributed by atoms with Gasteiger partial charge in [0.15, 0.2) is 5.54 Å². The molecule has 194 valence electrons. The van der Waals surface area contributed by atoms with Gasteiger partial charge in [-0.15, -0.1) is 0 Å². The number of ether oxygens (including phenoxy) is 2. The summed E-state index contributed by atoms with van der Waals surface area (Å²) in [6, 6.07) is 3.26. The van der Waals surface area contributed by atoms with Gasteiger partial charge in [0.05, 0.1) is 18.0 Å². The molecule has 11 nitrogen and oxygen atoms in total. The number of allylic oxidation sites excluding steroid dienone is 2. The Balaban J connectivity index is 1.61. The Hall–Kier alpha value is -3.73. The molecule has 4 atom stereocenters. The zero-order chi connectivity index (χ0) is 26.1. The Kier molecular flexibility index (Phi) is 9.18. The summed E-state index contributed by atoms with van der Waals surface area (Å²) in [5.41, 5.74) is 5.17.